The highest BCUT2D eigenvalue weighted by Crippen LogP contribution is 2.49. The van der Waals surface area contributed by atoms with Gasteiger partial charge in [-0.05, 0) is 60.5 Å². The molecular weight excluding hydrogens is 404 g/mol. The molecule has 0 saturated carbocycles. The largest absolute Gasteiger partial charge is 0.462 e. The molecule has 5 nitrogen and oxygen atoms in total. The summed E-state index contributed by atoms with van der Waals surface area (Å²) >= 11 is 0. The Bertz CT molecular complexity index is 751. The molecule has 3 rings (SSSR count). The van der Waals surface area contributed by atoms with Gasteiger partial charge in [0, 0.05) is 12.3 Å². The number of rotatable bonds is 7. The van der Waals surface area contributed by atoms with E-state index in [2.05, 4.69) is 39.8 Å². The first-order valence-corrected chi connectivity index (χ1v) is 12.6. The second-order valence-corrected chi connectivity index (χ2v) is 10.7. The van der Waals surface area contributed by atoms with Gasteiger partial charge in [0.25, 0.3) is 0 Å². The Morgan fingerprint density at radius 3 is 2.53 bits per heavy atom. The number of esters is 2. The molecule has 8 unspecified atom stereocenters. The number of ether oxygens (including phenoxy) is 2. The Labute approximate surface area is 193 Å². The zero-order valence-corrected chi connectivity index (χ0v) is 20.7. The Hall–Kier alpha value is -1.62. The summed E-state index contributed by atoms with van der Waals surface area (Å²) in [4.78, 5) is 24.6. The van der Waals surface area contributed by atoms with Crippen molar-refractivity contribution < 1.29 is 24.2 Å². The molecule has 32 heavy (non-hydrogen) atoms. The van der Waals surface area contributed by atoms with E-state index in [4.69, 9.17) is 9.47 Å². The maximum Gasteiger partial charge on any atom is 0.308 e. The summed E-state index contributed by atoms with van der Waals surface area (Å²) < 4.78 is 11.7. The van der Waals surface area contributed by atoms with Crippen molar-refractivity contribution in [2.75, 3.05) is 0 Å². The zero-order chi connectivity index (χ0) is 23.6. The van der Waals surface area contributed by atoms with Crippen LogP contribution in [-0.2, 0) is 19.1 Å². The zero-order valence-electron chi connectivity index (χ0n) is 20.7. The second-order valence-electron chi connectivity index (χ2n) is 10.7. The third kappa shape index (κ3) is 5.65. The van der Waals surface area contributed by atoms with Gasteiger partial charge in [0.05, 0.1) is 18.4 Å². The topological polar surface area (TPSA) is 72.8 Å². The fraction of sp³-hybridized carbons (Fsp3) is 0.778. The quantitative estimate of drug-likeness (QED) is 0.543. The van der Waals surface area contributed by atoms with Gasteiger partial charge in [-0.2, -0.15) is 0 Å². The normalized spacial score (nSPS) is 36.0. The number of fused-ring (bicyclic) bond motifs is 1. The number of aliphatic hydroxyl groups excluding tert-OH is 1. The Morgan fingerprint density at radius 2 is 1.91 bits per heavy atom. The van der Waals surface area contributed by atoms with Crippen molar-refractivity contribution in [1.82, 2.24) is 0 Å². The fourth-order valence-corrected chi connectivity index (χ4v) is 5.76. The summed E-state index contributed by atoms with van der Waals surface area (Å²) in [6, 6.07) is 0. The van der Waals surface area contributed by atoms with Crippen LogP contribution in [0.4, 0.5) is 0 Å². The molecule has 1 heterocycles. The number of carbonyl (C=O) groups is 2. The molecule has 180 valence electrons. The lowest BCUT2D eigenvalue weighted by Gasteiger charge is -2.46. The van der Waals surface area contributed by atoms with E-state index in [1.165, 1.54) is 11.1 Å². The monoisotopic (exact) mass is 446 g/mol. The highest BCUT2D eigenvalue weighted by molar-refractivity contribution is 5.72. The maximum absolute atomic E-state index is 12.8. The minimum Gasteiger partial charge on any atom is -0.462 e. The van der Waals surface area contributed by atoms with Gasteiger partial charge in [0.2, 0.25) is 0 Å². The van der Waals surface area contributed by atoms with Gasteiger partial charge in [-0.3, -0.25) is 9.59 Å². The van der Waals surface area contributed by atoms with Gasteiger partial charge in [-0.15, -0.1) is 0 Å². The third-order valence-electron chi connectivity index (χ3n) is 7.70. The van der Waals surface area contributed by atoms with Crippen LogP contribution in [0.15, 0.2) is 23.3 Å². The molecule has 3 aliphatic rings. The molecule has 0 spiro atoms. The van der Waals surface area contributed by atoms with Crippen LogP contribution < -0.4 is 0 Å². The van der Waals surface area contributed by atoms with Crippen LogP contribution in [0.1, 0.15) is 80.1 Å². The van der Waals surface area contributed by atoms with Gasteiger partial charge >= 0.3 is 11.9 Å². The number of aliphatic hydroxyl groups is 1. The molecule has 1 saturated heterocycles. The van der Waals surface area contributed by atoms with Gasteiger partial charge < -0.3 is 14.6 Å². The van der Waals surface area contributed by atoms with E-state index in [1.54, 1.807) is 0 Å². The van der Waals surface area contributed by atoms with Crippen molar-refractivity contribution >= 4 is 11.9 Å². The molecule has 2 aliphatic carbocycles. The molecule has 0 radical (unpaired) electrons. The summed E-state index contributed by atoms with van der Waals surface area (Å²) in [5.41, 5.74) is 2.74. The number of hydrogen-bond donors (Lipinski definition) is 1. The van der Waals surface area contributed by atoms with E-state index in [-0.39, 0.29) is 42.4 Å². The second kappa shape index (κ2) is 10.5. The summed E-state index contributed by atoms with van der Waals surface area (Å²) in [5, 5.41) is 9.99. The number of cyclic esters (lactones) is 1. The minimum absolute atomic E-state index is 0.0950. The highest BCUT2D eigenvalue weighted by atomic mass is 16.5. The van der Waals surface area contributed by atoms with Crippen LogP contribution in [-0.4, -0.2) is 35.4 Å². The summed E-state index contributed by atoms with van der Waals surface area (Å²) in [5.74, 6) is 1.10. The lowest BCUT2D eigenvalue weighted by atomic mass is 9.61. The van der Waals surface area contributed by atoms with Crippen LogP contribution in [0.2, 0.25) is 0 Å². The summed E-state index contributed by atoms with van der Waals surface area (Å²) in [6.45, 7) is 12.9. The Balaban J connectivity index is 1.86. The molecule has 0 aromatic carbocycles. The van der Waals surface area contributed by atoms with Gasteiger partial charge in [-0.25, -0.2) is 0 Å². The molecule has 5 heteroatoms. The predicted octanol–water partition coefficient (Wildman–Crippen LogP) is 5.22. The summed E-state index contributed by atoms with van der Waals surface area (Å²) in [6.07, 6.45) is 7.68. The van der Waals surface area contributed by atoms with E-state index in [1.807, 2.05) is 13.8 Å². The van der Waals surface area contributed by atoms with Crippen molar-refractivity contribution in [3.05, 3.63) is 23.3 Å². The number of hydrogen-bond acceptors (Lipinski definition) is 5. The molecule has 0 bridgehead atoms. The lowest BCUT2D eigenvalue weighted by Crippen LogP contribution is -2.43. The fourth-order valence-electron chi connectivity index (χ4n) is 5.76. The van der Waals surface area contributed by atoms with Crippen molar-refractivity contribution in [1.29, 1.82) is 0 Å². The lowest BCUT2D eigenvalue weighted by molar-refractivity contribution is -0.162. The number of allylic oxidation sites excluding steroid dienone is 3. The van der Waals surface area contributed by atoms with Crippen LogP contribution in [0.25, 0.3) is 0 Å². The smallest absolute Gasteiger partial charge is 0.308 e. The first-order chi connectivity index (χ1) is 15.1. The van der Waals surface area contributed by atoms with E-state index < -0.39 is 6.10 Å². The van der Waals surface area contributed by atoms with Gasteiger partial charge in [-0.1, -0.05) is 53.7 Å². The van der Waals surface area contributed by atoms with E-state index in [0.717, 1.165) is 25.7 Å². The third-order valence-corrected chi connectivity index (χ3v) is 7.70. The van der Waals surface area contributed by atoms with Crippen LogP contribution in [0.3, 0.4) is 0 Å². The van der Waals surface area contributed by atoms with Gasteiger partial charge in [0.15, 0.2) is 0 Å². The van der Waals surface area contributed by atoms with E-state index in [0.29, 0.717) is 30.1 Å². The molecule has 0 aromatic rings. The van der Waals surface area contributed by atoms with Crippen molar-refractivity contribution in [2.45, 2.75) is 98.4 Å². The van der Waals surface area contributed by atoms with E-state index in [9.17, 15) is 14.7 Å². The summed E-state index contributed by atoms with van der Waals surface area (Å²) in [7, 11) is 0. The molecule has 8 atom stereocenters. The van der Waals surface area contributed by atoms with Crippen molar-refractivity contribution in [2.24, 2.45) is 35.5 Å². The predicted molar refractivity (Wildman–Crippen MR) is 125 cm³/mol. The standard InChI is InChI=1S/C27H42O5/c1-7-17(5)27(30)32-24-11-16(4)10-23-22(15(2)3)12-18(6)21(26(23)24)9-8-20-13-19(28)14-25(29)31-20/h10,12,15-21,24,26,28H,7-9,11,13-14H2,1-6H3. The average Bonchev–Trinajstić information content (AvgIpc) is 2.71. The molecule has 1 aliphatic heterocycles. The van der Waals surface area contributed by atoms with E-state index >= 15 is 0 Å². The van der Waals surface area contributed by atoms with Gasteiger partial charge in [0.1, 0.15) is 12.2 Å². The maximum atomic E-state index is 12.8. The SMILES string of the molecule is CCC(C)C(=O)OC1CC(C)C=C2C(C(C)C)=CC(C)C(CCC3CC(O)CC(=O)O3)C21. The average molecular weight is 447 g/mol. The first-order valence-electron chi connectivity index (χ1n) is 12.6. The molecule has 0 amide bonds. The molecular formula is C27H42O5. The first kappa shape index (κ1) is 25.0. The van der Waals surface area contributed by atoms with Crippen molar-refractivity contribution in [3.8, 4) is 0 Å². The van der Waals surface area contributed by atoms with Crippen LogP contribution in [0.5, 0.6) is 0 Å². The van der Waals surface area contributed by atoms with Crippen LogP contribution in [0, 0.1) is 35.5 Å². The Morgan fingerprint density at radius 1 is 1.19 bits per heavy atom. The minimum atomic E-state index is -0.604. The molecule has 0 aromatic heterocycles. The molecule has 1 N–H and O–H groups in total. The molecule has 1 fully saturated rings. The Kier molecular flexibility index (Phi) is 8.24. The van der Waals surface area contributed by atoms with Crippen molar-refractivity contribution in [3.63, 3.8) is 0 Å². The highest BCUT2D eigenvalue weighted by Gasteiger charge is 2.44. The number of carbonyl (C=O) groups excluding carboxylic acids is 2. The van der Waals surface area contributed by atoms with Crippen LogP contribution >= 0.6 is 0 Å².